The van der Waals surface area contributed by atoms with Gasteiger partial charge in [0, 0.05) is 25.5 Å². The summed E-state index contributed by atoms with van der Waals surface area (Å²) < 4.78 is 1.65. The standard InChI is InChI=1S/C15H18N4O.ClH/c1-10-14(9-19(2)18-10)15(20)17-13-4-3-11-5-6-16-8-12(11)7-13;/h3-4,7,9,16H,5-6,8H2,1-2H3,(H,17,20);1H. The van der Waals surface area contributed by atoms with Crippen LogP contribution in [-0.2, 0) is 20.0 Å². The molecule has 1 aromatic carbocycles. The first-order valence-electron chi connectivity index (χ1n) is 6.77. The van der Waals surface area contributed by atoms with Gasteiger partial charge in [0.1, 0.15) is 0 Å². The molecule has 6 heteroatoms. The van der Waals surface area contributed by atoms with Crippen molar-refractivity contribution in [1.29, 1.82) is 0 Å². The largest absolute Gasteiger partial charge is 0.322 e. The highest BCUT2D eigenvalue weighted by Crippen LogP contribution is 2.19. The van der Waals surface area contributed by atoms with Gasteiger partial charge in [0.25, 0.3) is 5.91 Å². The van der Waals surface area contributed by atoms with E-state index < -0.39 is 0 Å². The Hall–Kier alpha value is -1.85. The number of anilines is 1. The van der Waals surface area contributed by atoms with E-state index in [1.54, 1.807) is 10.9 Å². The number of benzene rings is 1. The number of aromatic nitrogens is 2. The van der Waals surface area contributed by atoms with E-state index in [0.29, 0.717) is 5.56 Å². The zero-order valence-corrected chi connectivity index (χ0v) is 13.0. The molecule has 0 bridgehead atoms. The summed E-state index contributed by atoms with van der Waals surface area (Å²) in [4.78, 5) is 12.2. The molecule has 112 valence electrons. The maximum absolute atomic E-state index is 12.2. The summed E-state index contributed by atoms with van der Waals surface area (Å²) in [5.74, 6) is -0.112. The van der Waals surface area contributed by atoms with Crippen molar-refractivity contribution in [3.63, 3.8) is 0 Å². The summed E-state index contributed by atoms with van der Waals surface area (Å²) in [6.07, 6.45) is 2.79. The molecule has 1 amide bonds. The van der Waals surface area contributed by atoms with Crippen LogP contribution in [0.15, 0.2) is 24.4 Å². The third kappa shape index (κ3) is 3.25. The molecule has 0 saturated carbocycles. The molecule has 0 aliphatic carbocycles. The van der Waals surface area contributed by atoms with E-state index in [-0.39, 0.29) is 18.3 Å². The van der Waals surface area contributed by atoms with E-state index in [1.165, 1.54) is 11.1 Å². The average molecular weight is 307 g/mol. The lowest BCUT2D eigenvalue weighted by molar-refractivity contribution is 0.102. The number of fused-ring (bicyclic) bond motifs is 1. The lowest BCUT2D eigenvalue weighted by Gasteiger charge is -2.18. The Morgan fingerprint density at radius 2 is 2.19 bits per heavy atom. The van der Waals surface area contributed by atoms with Crippen LogP contribution in [0.1, 0.15) is 27.2 Å². The van der Waals surface area contributed by atoms with Gasteiger partial charge < -0.3 is 10.6 Å². The molecule has 0 saturated heterocycles. The third-order valence-electron chi connectivity index (χ3n) is 3.61. The summed E-state index contributed by atoms with van der Waals surface area (Å²) in [6.45, 7) is 3.73. The summed E-state index contributed by atoms with van der Waals surface area (Å²) in [5, 5.41) is 10.5. The number of halogens is 1. The van der Waals surface area contributed by atoms with E-state index in [1.807, 2.05) is 26.1 Å². The highest BCUT2D eigenvalue weighted by Gasteiger charge is 2.14. The van der Waals surface area contributed by atoms with Crippen molar-refractivity contribution < 1.29 is 4.79 Å². The van der Waals surface area contributed by atoms with Gasteiger partial charge in [0.2, 0.25) is 0 Å². The predicted molar refractivity (Wildman–Crippen MR) is 85.0 cm³/mol. The monoisotopic (exact) mass is 306 g/mol. The van der Waals surface area contributed by atoms with Gasteiger partial charge in [-0.15, -0.1) is 12.4 Å². The second kappa shape index (κ2) is 6.28. The first-order chi connectivity index (χ1) is 9.63. The summed E-state index contributed by atoms with van der Waals surface area (Å²) >= 11 is 0. The van der Waals surface area contributed by atoms with Gasteiger partial charge in [-0.2, -0.15) is 5.10 Å². The van der Waals surface area contributed by atoms with Gasteiger partial charge >= 0.3 is 0 Å². The van der Waals surface area contributed by atoms with E-state index in [9.17, 15) is 4.79 Å². The molecule has 0 radical (unpaired) electrons. The second-order valence-corrected chi connectivity index (χ2v) is 5.17. The summed E-state index contributed by atoms with van der Waals surface area (Å²) in [6, 6.07) is 6.11. The Labute approximate surface area is 130 Å². The second-order valence-electron chi connectivity index (χ2n) is 5.17. The molecule has 21 heavy (non-hydrogen) atoms. The quantitative estimate of drug-likeness (QED) is 0.893. The van der Waals surface area contributed by atoms with Crippen LogP contribution in [0.5, 0.6) is 0 Å². The van der Waals surface area contributed by atoms with Crippen molar-refractivity contribution in [2.24, 2.45) is 7.05 Å². The van der Waals surface area contributed by atoms with Crippen LogP contribution in [0.3, 0.4) is 0 Å². The van der Waals surface area contributed by atoms with Gasteiger partial charge in [-0.1, -0.05) is 6.07 Å². The Bertz CT molecular complexity index is 666. The summed E-state index contributed by atoms with van der Waals surface area (Å²) in [7, 11) is 1.81. The number of hydrogen-bond acceptors (Lipinski definition) is 3. The first kappa shape index (κ1) is 15.5. The van der Waals surface area contributed by atoms with E-state index >= 15 is 0 Å². The maximum Gasteiger partial charge on any atom is 0.259 e. The summed E-state index contributed by atoms with van der Waals surface area (Å²) in [5.41, 5.74) is 4.81. The highest BCUT2D eigenvalue weighted by atomic mass is 35.5. The van der Waals surface area contributed by atoms with Crippen molar-refractivity contribution in [1.82, 2.24) is 15.1 Å². The Balaban J connectivity index is 0.00000161. The number of carbonyl (C=O) groups is 1. The molecule has 0 atom stereocenters. The number of nitrogens with one attached hydrogen (secondary N) is 2. The smallest absolute Gasteiger partial charge is 0.259 e. The fraction of sp³-hybridized carbons (Fsp3) is 0.333. The maximum atomic E-state index is 12.2. The highest BCUT2D eigenvalue weighted by molar-refractivity contribution is 6.04. The minimum Gasteiger partial charge on any atom is -0.322 e. The van der Waals surface area contributed by atoms with Crippen LogP contribution >= 0.6 is 12.4 Å². The topological polar surface area (TPSA) is 59.0 Å². The van der Waals surface area contributed by atoms with E-state index in [4.69, 9.17) is 0 Å². The van der Waals surface area contributed by atoms with E-state index in [0.717, 1.165) is 30.9 Å². The van der Waals surface area contributed by atoms with Crippen molar-refractivity contribution >= 4 is 24.0 Å². The average Bonchev–Trinajstić information content (AvgIpc) is 2.78. The van der Waals surface area contributed by atoms with Crippen LogP contribution in [0.4, 0.5) is 5.69 Å². The predicted octanol–water partition coefficient (Wildman–Crippen LogP) is 2.05. The molecule has 2 heterocycles. The number of hydrogen-bond donors (Lipinski definition) is 2. The number of amides is 1. The lowest BCUT2D eigenvalue weighted by atomic mass is 10.0. The van der Waals surface area contributed by atoms with Crippen LogP contribution < -0.4 is 10.6 Å². The van der Waals surface area contributed by atoms with Crippen LogP contribution in [0.2, 0.25) is 0 Å². The molecule has 5 nitrogen and oxygen atoms in total. The molecule has 3 rings (SSSR count). The molecule has 2 N–H and O–H groups in total. The van der Waals surface area contributed by atoms with Gasteiger partial charge in [-0.3, -0.25) is 9.48 Å². The van der Waals surface area contributed by atoms with Gasteiger partial charge in [-0.05, 0) is 43.1 Å². The molecular formula is C15H19ClN4O. The SMILES string of the molecule is Cc1nn(C)cc1C(=O)Nc1ccc2c(c1)CNCC2.Cl. The van der Waals surface area contributed by atoms with Crippen LogP contribution in [0, 0.1) is 6.92 Å². The zero-order valence-electron chi connectivity index (χ0n) is 12.1. The van der Waals surface area contributed by atoms with Crippen molar-refractivity contribution in [2.75, 3.05) is 11.9 Å². The lowest BCUT2D eigenvalue weighted by Crippen LogP contribution is -2.23. The number of rotatable bonds is 2. The van der Waals surface area contributed by atoms with Gasteiger partial charge in [-0.25, -0.2) is 0 Å². The fourth-order valence-corrected chi connectivity index (χ4v) is 2.58. The third-order valence-corrected chi connectivity index (χ3v) is 3.61. The van der Waals surface area contributed by atoms with Crippen LogP contribution in [-0.4, -0.2) is 22.2 Å². The zero-order chi connectivity index (χ0) is 14.1. The number of nitrogens with zero attached hydrogens (tertiary/aromatic N) is 2. The number of carbonyl (C=O) groups excluding carboxylic acids is 1. The van der Waals surface area contributed by atoms with E-state index in [2.05, 4.69) is 21.8 Å². The molecule has 1 aliphatic rings. The Morgan fingerprint density at radius 1 is 1.38 bits per heavy atom. The first-order valence-corrected chi connectivity index (χ1v) is 6.77. The Morgan fingerprint density at radius 3 is 2.90 bits per heavy atom. The Kier molecular flexibility index (Phi) is 4.65. The minimum absolute atomic E-state index is 0. The molecule has 0 fully saturated rings. The molecular weight excluding hydrogens is 288 g/mol. The number of aryl methyl sites for hydroxylation is 2. The molecule has 0 unspecified atom stereocenters. The van der Waals surface area contributed by atoms with Crippen molar-refractivity contribution in [2.45, 2.75) is 19.9 Å². The van der Waals surface area contributed by atoms with Gasteiger partial charge in [0.15, 0.2) is 0 Å². The molecule has 0 spiro atoms. The van der Waals surface area contributed by atoms with Crippen molar-refractivity contribution in [3.8, 4) is 0 Å². The minimum atomic E-state index is -0.112. The normalized spacial score (nSPS) is 13.2. The fourth-order valence-electron chi connectivity index (χ4n) is 2.58. The molecule has 1 aromatic heterocycles. The van der Waals surface area contributed by atoms with Crippen LogP contribution in [0.25, 0.3) is 0 Å². The molecule has 1 aliphatic heterocycles. The molecule has 2 aromatic rings. The van der Waals surface area contributed by atoms with Crippen molar-refractivity contribution in [3.05, 3.63) is 46.8 Å². The van der Waals surface area contributed by atoms with Gasteiger partial charge in [0.05, 0.1) is 11.3 Å².